The third kappa shape index (κ3) is 4.78. The lowest BCUT2D eigenvalue weighted by Gasteiger charge is -2.47. The highest BCUT2D eigenvalue weighted by Crippen LogP contribution is 2.39. The third-order valence-corrected chi connectivity index (χ3v) is 7.08. The van der Waals surface area contributed by atoms with Crippen molar-refractivity contribution in [1.82, 2.24) is 15.5 Å². The van der Waals surface area contributed by atoms with Gasteiger partial charge in [-0.1, -0.05) is 24.3 Å². The number of anilines is 1. The number of nitrogens with zero attached hydrogens (tertiary/aromatic N) is 1. The van der Waals surface area contributed by atoms with Crippen LogP contribution in [-0.4, -0.2) is 48.4 Å². The number of hydrogen-bond acceptors (Lipinski definition) is 4. The van der Waals surface area contributed by atoms with E-state index < -0.39 is 11.9 Å². The highest BCUT2D eigenvalue weighted by molar-refractivity contribution is 6.08. The van der Waals surface area contributed by atoms with Crippen LogP contribution in [0.1, 0.15) is 52.7 Å². The second-order valence-corrected chi connectivity index (χ2v) is 9.40. The topological polar surface area (TPSA) is 90.5 Å². The summed E-state index contributed by atoms with van der Waals surface area (Å²) in [5.74, 6) is -0.165. The van der Waals surface area contributed by atoms with E-state index in [4.69, 9.17) is 0 Å². The Labute approximate surface area is 194 Å². The molecular weight excluding hydrogens is 416 g/mol. The first kappa shape index (κ1) is 23.0. The van der Waals surface area contributed by atoms with Gasteiger partial charge in [0.05, 0.1) is 5.92 Å². The van der Waals surface area contributed by atoms with Crippen molar-refractivity contribution in [2.75, 3.05) is 18.9 Å². The van der Waals surface area contributed by atoms with Crippen LogP contribution in [0.5, 0.6) is 0 Å². The molecule has 0 spiro atoms. The summed E-state index contributed by atoms with van der Waals surface area (Å²) in [7, 11) is 1.91. The number of rotatable bonds is 3. The Morgan fingerprint density at radius 3 is 2.58 bits per heavy atom. The fraction of sp³-hybridized carbons (Fsp3) is 0.423. The SMILES string of the molecule is Cc1ccccc1C(=O)NC(=O)Nc1ccc(C)c(C2CC3CNC(C)CC3N(C)C2=O)c1. The highest BCUT2D eigenvalue weighted by atomic mass is 16.2. The molecule has 4 rings (SSSR count). The summed E-state index contributed by atoms with van der Waals surface area (Å²) in [6.07, 6.45) is 1.76. The molecule has 0 bridgehead atoms. The van der Waals surface area contributed by atoms with E-state index in [1.54, 1.807) is 18.2 Å². The zero-order valence-electron chi connectivity index (χ0n) is 19.6. The highest BCUT2D eigenvalue weighted by Gasteiger charge is 2.43. The van der Waals surface area contributed by atoms with Crippen molar-refractivity contribution in [3.8, 4) is 0 Å². The zero-order valence-corrected chi connectivity index (χ0v) is 19.6. The summed E-state index contributed by atoms with van der Waals surface area (Å²) in [5.41, 5.74) is 3.74. The van der Waals surface area contributed by atoms with E-state index in [9.17, 15) is 14.4 Å². The number of amides is 4. The molecular formula is C26H32N4O3. The van der Waals surface area contributed by atoms with Gasteiger partial charge in [-0.15, -0.1) is 0 Å². The third-order valence-electron chi connectivity index (χ3n) is 7.08. The van der Waals surface area contributed by atoms with Gasteiger partial charge in [0.2, 0.25) is 5.91 Å². The Hall–Kier alpha value is -3.19. The van der Waals surface area contributed by atoms with Crippen molar-refractivity contribution in [2.45, 2.75) is 51.6 Å². The van der Waals surface area contributed by atoms with Crippen molar-refractivity contribution >= 4 is 23.5 Å². The van der Waals surface area contributed by atoms with Crippen molar-refractivity contribution in [3.63, 3.8) is 0 Å². The Kier molecular flexibility index (Phi) is 6.51. The van der Waals surface area contributed by atoms with Gasteiger partial charge in [-0.25, -0.2) is 4.79 Å². The fourth-order valence-electron chi connectivity index (χ4n) is 5.17. The molecule has 174 valence electrons. The van der Waals surface area contributed by atoms with E-state index in [0.717, 1.165) is 36.1 Å². The second kappa shape index (κ2) is 9.35. The monoisotopic (exact) mass is 448 g/mol. The average Bonchev–Trinajstić information content (AvgIpc) is 2.78. The van der Waals surface area contributed by atoms with Crippen LogP contribution in [0.25, 0.3) is 0 Å². The minimum Gasteiger partial charge on any atom is -0.342 e. The summed E-state index contributed by atoms with van der Waals surface area (Å²) < 4.78 is 0. The minimum absolute atomic E-state index is 0.129. The van der Waals surface area contributed by atoms with E-state index in [-0.39, 0.29) is 17.9 Å². The molecule has 7 heteroatoms. The molecule has 2 aromatic rings. The molecule has 7 nitrogen and oxygen atoms in total. The quantitative estimate of drug-likeness (QED) is 0.670. The van der Waals surface area contributed by atoms with Gasteiger partial charge >= 0.3 is 6.03 Å². The molecule has 2 aliphatic heterocycles. The predicted octanol–water partition coefficient (Wildman–Crippen LogP) is 3.58. The summed E-state index contributed by atoms with van der Waals surface area (Å²) in [6.45, 7) is 6.88. The molecule has 2 fully saturated rings. The van der Waals surface area contributed by atoms with E-state index in [1.807, 2.05) is 50.1 Å². The average molecular weight is 449 g/mol. The number of carbonyl (C=O) groups excluding carboxylic acids is 3. The molecule has 0 radical (unpaired) electrons. The van der Waals surface area contributed by atoms with Crippen LogP contribution in [0.15, 0.2) is 42.5 Å². The van der Waals surface area contributed by atoms with Crippen molar-refractivity contribution < 1.29 is 14.4 Å². The largest absolute Gasteiger partial charge is 0.342 e. The summed E-state index contributed by atoms with van der Waals surface area (Å²) in [4.78, 5) is 40.1. The Morgan fingerprint density at radius 1 is 1.06 bits per heavy atom. The maximum absolute atomic E-state index is 13.3. The van der Waals surface area contributed by atoms with Crippen LogP contribution in [0.2, 0.25) is 0 Å². The lowest BCUT2D eigenvalue weighted by molar-refractivity contribution is -0.140. The second-order valence-electron chi connectivity index (χ2n) is 9.40. The lowest BCUT2D eigenvalue weighted by Crippen LogP contribution is -2.57. The number of piperidine rings is 2. The van der Waals surface area contributed by atoms with Gasteiger partial charge in [0, 0.05) is 36.9 Å². The number of urea groups is 1. The van der Waals surface area contributed by atoms with E-state index >= 15 is 0 Å². The molecule has 2 heterocycles. The first-order valence-corrected chi connectivity index (χ1v) is 11.5. The number of carbonyl (C=O) groups is 3. The Morgan fingerprint density at radius 2 is 1.82 bits per heavy atom. The van der Waals surface area contributed by atoms with Gasteiger partial charge in [0.15, 0.2) is 0 Å². The zero-order chi connectivity index (χ0) is 23.7. The van der Waals surface area contributed by atoms with Crippen LogP contribution in [0.3, 0.4) is 0 Å². The number of nitrogens with one attached hydrogen (secondary N) is 3. The molecule has 4 atom stereocenters. The normalized spacial score (nSPS) is 24.7. The number of hydrogen-bond donors (Lipinski definition) is 3. The van der Waals surface area contributed by atoms with Crippen LogP contribution in [-0.2, 0) is 4.79 Å². The Bertz CT molecular complexity index is 1080. The summed E-state index contributed by atoms with van der Waals surface area (Å²) in [5, 5.41) is 8.67. The number of likely N-dealkylation sites (tertiary alicyclic amines) is 1. The summed E-state index contributed by atoms with van der Waals surface area (Å²) >= 11 is 0. The molecule has 4 amide bonds. The molecule has 3 N–H and O–H groups in total. The maximum atomic E-state index is 13.3. The van der Waals surface area contributed by atoms with Gasteiger partial charge in [-0.3, -0.25) is 14.9 Å². The molecule has 0 aromatic heterocycles. The first-order valence-electron chi connectivity index (χ1n) is 11.5. The molecule has 2 aliphatic rings. The van der Waals surface area contributed by atoms with E-state index in [0.29, 0.717) is 23.2 Å². The molecule has 33 heavy (non-hydrogen) atoms. The van der Waals surface area contributed by atoms with E-state index in [1.165, 1.54) is 0 Å². The lowest BCUT2D eigenvalue weighted by atomic mass is 9.75. The predicted molar refractivity (Wildman–Crippen MR) is 128 cm³/mol. The van der Waals surface area contributed by atoms with Gasteiger partial charge < -0.3 is 15.5 Å². The van der Waals surface area contributed by atoms with Crippen LogP contribution in [0.4, 0.5) is 10.5 Å². The summed E-state index contributed by atoms with van der Waals surface area (Å²) in [6, 6.07) is 12.8. The number of fused-ring (bicyclic) bond motifs is 1. The smallest absolute Gasteiger partial charge is 0.326 e. The van der Waals surface area contributed by atoms with Gasteiger partial charge in [-0.2, -0.15) is 0 Å². The standard InChI is InChI=1S/C26H32N4O3/c1-15-7-5-6-8-20(15)24(31)29-26(33)28-19-10-9-16(2)21(13-19)22-12-18-14-27-17(3)11-23(18)30(4)25(22)32/h5-10,13,17-18,22-23,27H,11-12,14H2,1-4H3,(H2,28,29,31,33). The number of aryl methyl sites for hydroxylation is 2. The van der Waals surface area contributed by atoms with Gasteiger partial charge in [0.25, 0.3) is 5.91 Å². The molecule has 4 unspecified atom stereocenters. The van der Waals surface area contributed by atoms with Crippen molar-refractivity contribution in [2.24, 2.45) is 5.92 Å². The number of benzene rings is 2. The molecule has 2 aromatic carbocycles. The van der Waals surface area contributed by atoms with Crippen LogP contribution >= 0.6 is 0 Å². The Balaban J connectivity index is 1.49. The van der Waals surface area contributed by atoms with Crippen molar-refractivity contribution in [1.29, 1.82) is 0 Å². The van der Waals surface area contributed by atoms with Gasteiger partial charge in [-0.05, 0) is 74.4 Å². The maximum Gasteiger partial charge on any atom is 0.326 e. The first-order chi connectivity index (χ1) is 15.7. The van der Waals surface area contributed by atoms with Crippen LogP contribution < -0.4 is 16.0 Å². The van der Waals surface area contributed by atoms with Crippen molar-refractivity contribution in [3.05, 3.63) is 64.7 Å². The van der Waals surface area contributed by atoms with Gasteiger partial charge in [0.1, 0.15) is 0 Å². The number of likely N-dealkylation sites (N-methyl/N-ethyl adjacent to an activating group) is 1. The number of imide groups is 1. The molecule has 0 saturated carbocycles. The molecule has 2 saturated heterocycles. The minimum atomic E-state index is -0.601. The van der Waals surface area contributed by atoms with Crippen LogP contribution in [0, 0.1) is 19.8 Å². The molecule has 0 aliphatic carbocycles. The fourth-order valence-corrected chi connectivity index (χ4v) is 5.17. The van der Waals surface area contributed by atoms with E-state index in [2.05, 4.69) is 22.9 Å².